The lowest BCUT2D eigenvalue weighted by Crippen LogP contribution is -2.30. The number of anilines is 3. The predicted octanol–water partition coefficient (Wildman–Crippen LogP) is 1.52. The molecule has 1 aliphatic rings. The third-order valence-electron chi connectivity index (χ3n) is 3.21. The number of nitrogens with two attached hydrogens (primary N) is 1. The number of benzene rings is 1. The minimum atomic E-state index is 0.0737. The maximum atomic E-state index is 11.4. The highest BCUT2D eigenvalue weighted by Crippen LogP contribution is 2.31. The summed E-state index contributed by atoms with van der Waals surface area (Å²) in [5.41, 5.74) is 9.68. The number of hydrogen-bond acceptors (Lipinski definition) is 4. The van der Waals surface area contributed by atoms with E-state index in [0.717, 1.165) is 35.6 Å². The van der Waals surface area contributed by atoms with E-state index in [-0.39, 0.29) is 11.9 Å². The third-order valence-corrected chi connectivity index (χ3v) is 3.21. The van der Waals surface area contributed by atoms with Gasteiger partial charge in [0.2, 0.25) is 5.91 Å². The molecule has 0 saturated heterocycles. The first-order valence-corrected chi connectivity index (χ1v) is 6.59. The molecule has 0 radical (unpaired) electrons. The van der Waals surface area contributed by atoms with Crippen molar-refractivity contribution in [1.29, 1.82) is 0 Å². The molecule has 1 amide bonds. The van der Waals surface area contributed by atoms with Crippen LogP contribution < -0.4 is 16.4 Å². The Kier molecular flexibility index (Phi) is 3.95. The maximum Gasteiger partial charge on any atom is 0.224 e. The molecular formula is C14H22N4O. The van der Waals surface area contributed by atoms with E-state index >= 15 is 0 Å². The van der Waals surface area contributed by atoms with E-state index in [9.17, 15) is 4.79 Å². The first-order valence-electron chi connectivity index (χ1n) is 6.59. The Hall–Kier alpha value is -1.75. The molecule has 0 fully saturated rings. The van der Waals surface area contributed by atoms with Gasteiger partial charge in [0.25, 0.3) is 0 Å². The van der Waals surface area contributed by atoms with Crippen LogP contribution in [0.5, 0.6) is 0 Å². The van der Waals surface area contributed by atoms with Crippen LogP contribution in [-0.4, -0.2) is 37.5 Å². The second-order valence-corrected chi connectivity index (χ2v) is 5.45. The molecule has 1 aliphatic heterocycles. The van der Waals surface area contributed by atoms with Crippen LogP contribution in [0.1, 0.15) is 18.9 Å². The van der Waals surface area contributed by atoms with E-state index in [0.29, 0.717) is 6.42 Å². The Balaban J connectivity index is 2.17. The standard InChI is InChI=1S/C14H22N4O/c1-9(8-18(2)3)16-13-7-12-10(6-11(13)15)4-5-14(19)17-12/h6-7,9,16H,4-5,8,15H2,1-3H3,(H,17,19). The molecule has 5 heteroatoms. The quantitative estimate of drug-likeness (QED) is 0.719. The first kappa shape index (κ1) is 13.7. The number of carbonyl (C=O) groups excluding carboxylic acids is 1. The lowest BCUT2D eigenvalue weighted by molar-refractivity contribution is -0.116. The van der Waals surface area contributed by atoms with Crippen LogP contribution in [0.4, 0.5) is 17.1 Å². The van der Waals surface area contributed by atoms with Gasteiger partial charge in [-0.15, -0.1) is 0 Å². The highest BCUT2D eigenvalue weighted by atomic mass is 16.1. The fourth-order valence-electron chi connectivity index (χ4n) is 2.43. The fraction of sp³-hybridized carbons (Fsp3) is 0.500. The number of rotatable bonds is 4. The van der Waals surface area contributed by atoms with Crippen LogP contribution in [-0.2, 0) is 11.2 Å². The molecule has 1 aromatic rings. The van der Waals surface area contributed by atoms with Gasteiger partial charge in [-0.2, -0.15) is 0 Å². The van der Waals surface area contributed by atoms with Crippen molar-refractivity contribution in [3.8, 4) is 0 Å². The molecule has 1 aromatic carbocycles. The molecule has 0 aliphatic carbocycles. The molecule has 1 unspecified atom stereocenters. The highest BCUT2D eigenvalue weighted by molar-refractivity contribution is 5.95. The molecule has 104 valence electrons. The van der Waals surface area contributed by atoms with Crippen molar-refractivity contribution in [3.05, 3.63) is 17.7 Å². The van der Waals surface area contributed by atoms with Gasteiger partial charge in [0.1, 0.15) is 0 Å². The number of nitrogen functional groups attached to an aromatic ring is 1. The Morgan fingerprint density at radius 3 is 2.84 bits per heavy atom. The van der Waals surface area contributed by atoms with Gasteiger partial charge in [-0.1, -0.05) is 0 Å². The van der Waals surface area contributed by atoms with Gasteiger partial charge in [0.15, 0.2) is 0 Å². The number of likely N-dealkylation sites (N-methyl/N-ethyl adjacent to an activating group) is 1. The van der Waals surface area contributed by atoms with Crippen LogP contribution in [0, 0.1) is 0 Å². The number of carbonyl (C=O) groups is 1. The van der Waals surface area contributed by atoms with E-state index in [2.05, 4.69) is 22.5 Å². The van der Waals surface area contributed by atoms with Gasteiger partial charge in [0.05, 0.1) is 11.4 Å². The van der Waals surface area contributed by atoms with Gasteiger partial charge >= 0.3 is 0 Å². The van der Waals surface area contributed by atoms with E-state index in [1.165, 1.54) is 0 Å². The summed E-state index contributed by atoms with van der Waals surface area (Å²) in [7, 11) is 4.07. The molecule has 5 nitrogen and oxygen atoms in total. The lowest BCUT2D eigenvalue weighted by atomic mass is 10.0. The number of nitrogens with zero attached hydrogens (tertiary/aromatic N) is 1. The smallest absolute Gasteiger partial charge is 0.224 e. The monoisotopic (exact) mass is 262 g/mol. The Morgan fingerprint density at radius 1 is 1.42 bits per heavy atom. The topological polar surface area (TPSA) is 70.4 Å². The number of fused-ring (bicyclic) bond motifs is 1. The predicted molar refractivity (Wildman–Crippen MR) is 79.4 cm³/mol. The number of amides is 1. The minimum Gasteiger partial charge on any atom is -0.397 e. The molecule has 0 bridgehead atoms. The van der Waals surface area contributed by atoms with Crippen molar-refractivity contribution in [2.75, 3.05) is 37.0 Å². The van der Waals surface area contributed by atoms with Crippen molar-refractivity contribution in [3.63, 3.8) is 0 Å². The summed E-state index contributed by atoms with van der Waals surface area (Å²) < 4.78 is 0. The normalized spacial score (nSPS) is 15.9. The van der Waals surface area contributed by atoms with E-state index in [1.807, 2.05) is 26.2 Å². The molecule has 1 heterocycles. The third kappa shape index (κ3) is 3.38. The zero-order valence-electron chi connectivity index (χ0n) is 11.8. The summed E-state index contributed by atoms with van der Waals surface area (Å²) in [5.74, 6) is 0.0737. The minimum absolute atomic E-state index is 0.0737. The molecular weight excluding hydrogens is 240 g/mol. The Bertz CT molecular complexity index is 485. The number of hydrogen-bond donors (Lipinski definition) is 3. The van der Waals surface area contributed by atoms with E-state index in [4.69, 9.17) is 5.73 Å². The maximum absolute atomic E-state index is 11.4. The highest BCUT2D eigenvalue weighted by Gasteiger charge is 2.17. The Morgan fingerprint density at radius 2 is 2.16 bits per heavy atom. The van der Waals surface area contributed by atoms with Gasteiger partial charge < -0.3 is 21.3 Å². The first-order chi connectivity index (χ1) is 8.95. The van der Waals surface area contributed by atoms with Crippen molar-refractivity contribution in [1.82, 2.24) is 4.90 Å². The van der Waals surface area contributed by atoms with Crippen LogP contribution in [0.3, 0.4) is 0 Å². The van der Waals surface area contributed by atoms with Crippen LogP contribution in [0.15, 0.2) is 12.1 Å². The molecule has 1 atom stereocenters. The van der Waals surface area contributed by atoms with Crippen molar-refractivity contribution in [2.24, 2.45) is 0 Å². The van der Waals surface area contributed by atoms with Crippen LogP contribution >= 0.6 is 0 Å². The molecule has 4 N–H and O–H groups in total. The summed E-state index contributed by atoms with van der Waals surface area (Å²) in [5, 5.41) is 6.29. The largest absolute Gasteiger partial charge is 0.397 e. The summed E-state index contributed by atoms with van der Waals surface area (Å²) in [6, 6.07) is 4.18. The van der Waals surface area contributed by atoms with Gasteiger partial charge in [-0.05, 0) is 45.1 Å². The van der Waals surface area contributed by atoms with Crippen molar-refractivity contribution >= 4 is 23.0 Å². The Labute approximate surface area is 114 Å². The zero-order chi connectivity index (χ0) is 14.0. The molecule has 0 saturated carbocycles. The fourth-order valence-corrected chi connectivity index (χ4v) is 2.43. The van der Waals surface area contributed by atoms with Crippen molar-refractivity contribution in [2.45, 2.75) is 25.8 Å². The summed E-state index contributed by atoms with van der Waals surface area (Å²) in [6.07, 6.45) is 1.30. The SMILES string of the molecule is CC(CN(C)C)Nc1cc2c(cc1N)CCC(=O)N2. The van der Waals surface area contributed by atoms with Gasteiger partial charge in [0, 0.05) is 24.7 Å². The molecule has 2 rings (SSSR count). The molecule has 0 aromatic heterocycles. The molecule has 19 heavy (non-hydrogen) atoms. The molecule has 0 spiro atoms. The second kappa shape index (κ2) is 5.48. The van der Waals surface area contributed by atoms with Crippen molar-refractivity contribution < 1.29 is 4.79 Å². The second-order valence-electron chi connectivity index (χ2n) is 5.45. The van der Waals surface area contributed by atoms with E-state index in [1.54, 1.807) is 0 Å². The van der Waals surface area contributed by atoms with E-state index < -0.39 is 0 Å². The number of nitrogens with one attached hydrogen (secondary N) is 2. The van der Waals surface area contributed by atoms with Crippen LogP contribution in [0.2, 0.25) is 0 Å². The lowest BCUT2D eigenvalue weighted by Gasteiger charge is -2.23. The average Bonchev–Trinajstić information content (AvgIpc) is 2.29. The summed E-state index contributed by atoms with van der Waals surface area (Å²) in [6.45, 7) is 3.03. The van der Waals surface area contributed by atoms with Crippen LogP contribution in [0.25, 0.3) is 0 Å². The average molecular weight is 262 g/mol. The summed E-state index contributed by atoms with van der Waals surface area (Å²) in [4.78, 5) is 13.5. The summed E-state index contributed by atoms with van der Waals surface area (Å²) >= 11 is 0. The number of aryl methyl sites for hydroxylation is 1. The van der Waals surface area contributed by atoms with Gasteiger partial charge in [-0.25, -0.2) is 0 Å². The zero-order valence-corrected chi connectivity index (χ0v) is 11.8. The van der Waals surface area contributed by atoms with Gasteiger partial charge in [-0.3, -0.25) is 4.79 Å².